The van der Waals surface area contributed by atoms with E-state index in [2.05, 4.69) is 22.9 Å². The van der Waals surface area contributed by atoms with Crippen LogP contribution in [0.2, 0.25) is 0 Å². The first-order chi connectivity index (χ1) is 8.63. The van der Waals surface area contributed by atoms with Crippen molar-refractivity contribution in [3.8, 4) is 5.75 Å². The lowest BCUT2D eigenvalue weighted by atomic mass is 10.1. The number of unbranched alkanes of at least 4 members (excludes halogenated alkanes) is 1. The zero-order chi connectivity index (χ0) is 13.5. The van der Waals surface area contributed by atoms with Gasteiger partial charge in [0.15, 0.2) is 0 Å². The molecule has 0 aromatic heterocycles. The molecule has 0 atom stereocenters. The SMILES string of the molecule is CCCCN(CC)C(=O)c1ccc(Br)cc1OC. The van der Waals surface area contributed by atoms with E-state index in [1.165, 1.54) is 0 Å². The van der Waals surface area contributed by atoms with Gasteiger partial charge in [-0.2, -0.15) is 0 Å². The average Bonchev–Trinajstić information content (AvgIpc) is 2.39. The van der Waals surface area contributed by atoms with Gasteiger partial charge in [-0.1, -0.05) is 29.3 Å². The van der Waals surface area contributed by atoms with Crippen LogP contribution >= 0.6 is 15.9 Å². The molecular weight excluding hydrogens is 294 g/mol. The molecule has 0 radical (unpaired) electrons. The molecule has 1 rings (SSSR count). The van der Waals surface area contributed by atoms with Crippen LogP contribution in [0.3, 0.4) is 0 Å². The Bertz CT molecular complexity index is 407. The van der Waals surface area contributed by atoms with Crippen LogP contribution in [0.5, 0.6) is 5.75 Å². The van der Waals surface area contributed by atoms with E-state index in [0.29, 0.717) is 11.3 Å². The third-order valence-corrected chi connectivity index (χ3v) is 3.34. The standard InChI is InChI=1S/C14H20BrNO2/c1-4-6-9-16(5-2)14(17)12-8-7-11(15)10-13(12)18-3/h7-8,10H,4-6,9H2,1-3H3. The van der Waals surface area contributed by atoms with Crippen molar-refractivity contribution in [3.63, 3.8) is 0 Å². The molecule has 0 saturated carbocycles. The molecule has 0 spiro atoms. The van der Waals surface area contributed by atoms with Gasteiger partial charge in [-0.05, 0) is 31.5 Å². The van der Waals surface area contributed by atoms with Gasteiger partial charge in [0.25, 0.3) is 5.91 Å². The Kier molecular flexibility index (Phi) is 6.19. The maximum absolute atomic E-state index is 12.4. The van der Waals surface area contributed by atoms with Gasteiger partial charge in [-0.3, -0.25) is 4.79 Å². The lowest BCUT2D eigenvalue weighted by Crippen LogP contribution is -2.32. The van der Waals surface area contributed by atoms with E-state index < -0.39 is 0 Å². The Morgan fingerprint density at radius 2 is 2.11 bits per heavy atom. The first-order valence-electron chi connectivity index (χ1n) is 6.26. The van der Waals surface area contributed by atoms with Gasteiger partial charge in [-0.15, -0.1) is 0 Å². The van der Waals surface area contributed by atoms with Crippen molar-refractivity contribution in [2.24, 2.45) is 0 Å². The van der Waals surface area contributed by atoms with Crippen molar-refractivity contribution >= 4 is 21.8 Å². The molecule has 1 aromatic carbocycles. The smallest absolute Gasteiger partial charge is 0.257 e. The van der Waals surface area contributed by atoms with Crippen molar-refractivity contribution in [2.45, 2.75) is 26.7 Å². The van der Waals surface area contributed by atoms with E-state index >= 15 is 0 Å². The molecule has 0 heterocycles. The highest BCUT2D eigenvalue weighted by Crippen LogP contribution is 2.24. The van der Waals surface area contributed by atoms with Crippen LogP contribution in [-0.4, -0.2) is 31.0 Å². The highest BCUT2D eigenvalue weighted by Gasteiger charge is 2.18. The van der Waals surface area contributed by atoms with Gasteiger partial charge in [0.2, 0.25) is 0 Å². The molecule has 0 saturated heterocycles. The Labute approximate surface area is 117 Å². The summed E-state index contributed by atoms with van der Waals surface area (Å²) in [5, 5.41) is 0. The topological polar surface area (TPSA) is 29.5 Å². The Hall–Kier alpha value is -1.03. The summed E-state index contributed by atoms with van der Waals surface area (Å²) in [5.74, 6) is 0.652. The molecule has 0 bridgehead atoms. The lowest BCUT2D eigenvalue weighted by Gasteiger charge is -2.21. The maximum Gasteiger partial charge on any atom is 0.257 e. The van der Waals surface area contributed by atoms with Crippen molar-refractivity contribution in [3.05, 3.63) is 28.2 Å². The number of carbonyl (C=O) groups is 1. The van der Waals surface area contributed by atoms with Crippen molar-refractivity contribution in [1.29, 1.82) is 0 Å². The van der Waals surface area contributed by atoms with Crippen LogP contribution in [0, 0.1) is 0 Å². The molecule has 0 aliphatic rings. The van der Waals surface area contributed by atoms with Crippen LogP contribution < -0.4 is 4.74 Å². The molecule has 18 heavy (non-hydrogen) atoms. The molecule has 0 fully saturated rings. The minimum absolute atomic E-state index is 0.0373. The minimum atomic E-state index is 0.0373. The molecular formula is C14H20BrNO2. The summed E-state index contributed by atoms with van der Waals surface area (Å²) in [6.07, 6.45) is 2.11. The molecule has 0 aliphatic carbocycles. The number of carbonyl (C=O) groups excluding carboxylic acids is 1. The highest BCUT2D eigenvalue weighted by molar-refractivity contribution is 9.10. The molecule has 3 nitrogen and oxygen atoms in total. The van der Waals surface area contributed by atoms with Crippen LogP contribution in [0.15, 0.2) is 22.7 Å². The van der Waals surface area contributed by atoms with Gasteiger partial charge in [0.05, 0.1) is 12.7 Å². The fraction of sp³-hybridized carbons (Fsp3) is 0.500. The lowest BCUT2D eigenvalue weighted by molar-refractivity contribution is 0.0759. The number of halogens is 1. The van der Waals surface area contributed by atoms with Gasteiger partial charge < -0.3 is 9.64 Å². The van der Waals surface area contributed by atoms with Crippen molar-refractivity contribution < 1.29 is 9.53 Å². The number of methoxy groups -OCH3 is 1. The number of ether oxygens (including phenoxy) is 1. The summed E-state index contributed by atoms with van der Waals surface area (Å²) < 4.78 is 6.18. The zero-order valence-electron chi connectivity index (χ0n) is 11.2. The highest BCUT2D eigenvalue weighted by atomic mass is 79.9. The summed E-state index contributed by atoms with van der Waals surface area (Å²) in [6, 6.07) is 5.49. The fourth-order valence-corrected chi connectivity index (χ4v) is 2.10. The average molecular weight is 314 g/mol. The molecule has 1 aromatic rings. The van der Waals surface area contributed by atoms with E-state index in [9.17, 15) is 4.79 Å². The molecule has 0 aliphatic heterocycles. The summed E-state index contributed by atoms with van der Waals surface area (Å²) in [7, 11) is 1.58. The molecule has 4 heteroatoms. The largest absolute Gasteiger partial charge is 0.496 e. The summed E-state index contributed by atoms with van der Waals surface area (Å²) in [5.41, 5.74) is 0.624. The van der Waals surface area contributed by atoms with Crippen LogP contribution in [0.4, 0.5) is 0 Å². The fourth-order valence-electron chi connectivity index (χ4n) is 1.76. The minimum Gasteiger partial charge on any atom is -0.496 e. The molecule has 0 unspecified atom stereocenters. The van der Waals surface area contributed by atoms with Gasteiger partial charge in [0, 0.05) is 17.6 Å². The van der Waals surface area contributed by atoms with E-state index in [1.807, 2.05) is 24.0 Å². The number of benzene rings is 1. The Morgan fingerprint density at radius 1 is 1.39 bits per heavy atom. The molecule has 1 amide bonds. The predicted molar refractivity (Wildman–Crippen MR) is 77.2 cm³/mol. The van der Waals surface area contributed by atoms with Gasteiger partial charge in [0.1, 0.15) is 5.75 Å². The van der Waals surface area contributed by atoms with Crippen LogP contribution in [-0.2, 0) is 0 Å². The zero-order valence-corrected chi connectivity index (χ0v) is 12.8. The molecule has 100 valence electrons. The number of rotatable bonds is 6. The van der Waals surface area contributed by atoms with E-state index in [0.717, 1.165) is 30.4 Å². The first kappa shape index (κ1) is 15.0. The second-order valence-electron chi connectivity index (χ2n) is 4.08. The second kappa shape index (κ2) is 7.41. The molecule has 0 N–H and O–H groups in total. The van der Waals surface area contributed by atoms with E-state index in [4.69, 9.17) is 4.74 Å². The normalized spacial score (nSPS) is 10.2. The third kappa shape index (κ3) is 3.73. The second-order valence-corrected chi connectivity index (χ2v) is 5.00. The van der Waals surface area contributed by atoms with E-state index in [1.54, 1.807) is 13.2 Å². The quantitative estimate of drug-likeness (QED) is 0.801. The monoisotopic (exact) mass is 313 g/mol. The Balaban J connectivity index is 2.93. The van der Waals surface area contributed by atoms with Crippen LogP contribution in [0.1, 0.15) is 37.0 Å². The third-order valence-electron chi connectivity index (χ3n) is 2.84. The number of hydrogen-bond acceptors (Lipinski definition) is 2. The van der Waals surface area contributed by atoms with Gasteiger partial charge >= 0.3 is 0 Å². The van der Waals surface area contributed by atoms with E-state index in [-0.39, 0.29) is 5.91 Å². The summed E-state index contributed by atoms with van der Waals surface area (Å²) >= 11 is 3.38. The van der Waals surface area contributed by atoms with Crippen molar-refractivity contribution in [1.82, 2.24) is 4.90 Å². The summed E-state index contributed by atoms with van der Waals surface area (Å²) in [6.45, 7) is 5.64. The predicted octanol–water partition coefficient (Wildman–Crippen LogP) is 3.72. The van der Waals surface area contributed by atoms with Crippen LogP contribution in [0.25, 0.3) is 0 Å². The first-order valence-corrected chi connectivity index (χ1v) is 7.06. The Morgan fingerprint density at radius 3 is 2.67 bits per heavy atom. The number of hydrogen-bond donors (Lipinski definition) is 0. The van der Waals surface area contributed by atoms with Gasteiger partial charge in [-0.25, -0.2) is 0 Å². The number of amides is 1. The summed E-state index contributed by atoms with van der Waals surface area (Å²) in [4.78, 5) is 14.3. The van der Waals surface area contributed by atoms with Crippen molar-refractivity contribution in [2.75, 3.05) is 20.2 Å². The number of nitrogens with zero attached hydrogens (tertiary/aromatic N) is 1. The maximum atomic E-state index is 12.4.